The Labute approximate surface area is 139 Å². The quantitative estimate of drug-likeness (QED) is 0.874. The lowest BCUT2D eigenvalue weighted by Gasteiger charge is -2.29. The molecule has 0 saturated heterocycles. The number of hydrogen-bond acceptors (Lipinski definition) is 3. The van der Waals surface area contributed by atoms with Crippen LogP contribution in [0.15, 0.2) is 24.3 Å². The Balaban J connectivity index is 1.49. The summed E-state index contributed by atoms with van der Waals surface area (Å²) in [4.78, 5) is 14.3. The first-order valence-corrected chi connectivity index (χ1v) is 8.26. The van der Waals surface area contributed by atoms with E-state index in [4.69, 9.17) is 11.6 Å². The molecule has 2 aromatic rings. The summed E-state index contributed by atoms with van der Waals surface area (Å²) in [6, 6.07) is 7.69. The molecule has 5 nitrogen and oxygen atoms in total. The zero-order chi connectivity index (χ0) is 15.8. The number of nitrogens with zero attached hydrogens (tertiary/aromatic N) is 3. The van der Waals surface area contributed by atoms with Gasteiger partial charge in [-0.2, -0.15) is 5.10 Å². The fourth-order valence-corrected chi connectivity index (χ4v) is 3.55. The molecule has 1 aliphatic carbocycles. The van der Waals surface area contributed by atoms with E-state index in [0.717, 1.165) is 42.0 Å². The maximum atomic E-state index is 12.5. The molecule has 1 N–H and O–H groups in total. The summed E-state index contributed by atoms with van der Waals surface area (Å²) in [6.07, 6.45) is 3.93. The van der Waals surface area contributed by atoms with Crippen molar-refractivity contribution in [2.45, 2.75) is 32.2 Å². The van der Waals surface area contributed by atoms with Crippen molar-refractivity contribution in [1.82, 2.24) is 15.1 Å². The summed E-state index contributed by atoms with van der Waals surface area (Å²) >= 11 is 6.26. The minimum absolute atomic E-state index is 0.150. The first-order chi connectivity index (χ1) is 11.2. The number of aromatic nitrogens is 2. The Morgan fingerprint density at radius 2 is 2.09 bits per heavy atom. The molecule has 0 saturated carbocycles. The number of aryl methyl sites for hydroxylation is 2. The smallest absolute Gasteiger partial charge is 0.320 e. The molecule has 1 aromatic carbocycles. The molecule has 6 heteroatoms. The molecule has 1 aliphatic heterocycles. The van der Waals surface area contributed by atoms with Gasteiger partial charge in [0, 0.05) is 18.1 Å². The number of nitrogens with one attached hydrogen (secondary N) is 1. The van der Waals surface area contributed by atoms with E-state index in [1.807, 2.05) is 18.2 Å². The van der Waals surface area contributed by atoms with E-state index < -0.39 is 0 Å². The summed E-state index contributed by atoms with van der Waals surface area (Å²) < 4.78 is 0. The molecule has 0 radical (unpaired) electrons. The minimum atomic E-state index is -0.150. The largest absolute Gasteiger partial charge is 0.323 e. The van der Waals surface area contributed by atoms with Gasteiger partial charge in [0.2, 0.25) is 0 Å². The molecule has 0 atom stereocenters. The lowest BCUT2D eigenvalue weighted by Crippen LogP contribution is -2.39. The van der Waals surface area contributed by atoms with E-state index in [9.17, 15) is 4.79 Å². The van der Waals surface area contributed by atoms with Crippen LogP contribution in [-0.2, 0) is 25.8 Å². The number of carbonyl (C=O) groups is 1. The molecule has 23 heavy (non-hydrogen) atoms. The maximum absolute atomic E-state index is 12.5. The number of rotatable bonds is 1. The number of hydrogen-bond donors (Lipinski definition) is 1. The Bertz CT molecular complexity index is 777. The van der Waals surface area contributed by atoms with Crippen LogP contribution in [0.25, 0.3) is 0 Å². The number of halogens is 1. The van der Waals surface area contributed by atoms with Crippen LogP contribution < -0.4 is 5.32 Å². The van der Waals surface area contributed by atoms with E-state index in [-0.39, 0.29) is 6.03 Å². The van der Waals surface area contributed by atoms with E-state index >= 15 is 0 Å². The molecule has 118 valence electrons. The minimum Gasteiger partial charge on any atom is -0.320 e. The normalized spacial score (nSPS) is 16.0. The summed E-state index contributed by atoms with van der Waals surface area (Å²) in [5, 5.41) is 11.9. The predicted octanol–water partition coefficient (Wildman–Crippen LogP) is 3.21. The second-order valence-corrected chi connectivity index (χ2v) is 6.44. The fraction of sp³-hybridized carbons (Fsp3) is 0.353. The first-order valence-electron chi connectivity index (χ1n) is 7.88. The van der Waals surface area contributed by atoms with Crippen LogP contribution in [0.2, 0.25) is 5.02 Å². The lowest BCUT2D eigenvalue weighted by atomic mass is 10.00. The van der Waals surface area contributed by atoms with Gasteiger partial charge >= 0.3 is 6.03 Å². The van der Waals surface area contributed by atoms with Crippen molar-refractivity contribution in [3.05, 3.63) is 51.7 Å². The third-order valence-corrected chi connectivity index (χ3v) is 4.91. The molecular weight excluding hydrogens is 312 g/mol. The molecule has 0 spiro atoms. The van der Waals surface area contributed by atoms with Gasteiger partial charge < -0.3 is 4.90 Å². The molecule has 2 heterocycles. The Hall–Kier alpha value is -2.14. The van der Waals surface area contributed by atoms with Crippen molar-refractivity contribution in [2.75, 3.05) is 11.9 Å². The van der Waals surface area contributed by atoms with Gasteiger partial charge in [0.1, 0.15) is 0 Å². The molecule has 0 fully saturated rings. The Kier molecular flexibility index (Phi) is 3.65. The standard InChI is InChI=1S/C17H17ClN4O/c18-14-5-1-3-11-7-8-22(10-13(11)14)17(23)19-16-9-12-4-2-6-15(12)20-21-16/h1,3,5,9H,2,4,6-8,10H2,(H,19,21,23). The molecule has 1 aromatic heterocycles. The van der Waals surface area contributed by atoms with Gasteiger partial charge in [0.25, 0.3) is 0 Å². The van der Waals surface area contributed by atoms with Crippen molar-refractivity contribution >= 4 is 23.4 Å². The molecule has 0 bridgehead atoms. The van der Waals surface area contributed by atoms with Crippen LogP contribution in [0.1, 0.15) is 28.8 Å². The van der Waals surface area contributed by atoms with Crippen LogP contribution in [0.3, 0.4) is 0 Å². The predicted molar refractivity (Wildman–Crippen MR) is 88.6 cm³/mol. The van der Waals surface area contributed by atoms with E-state index in [2.05, 4.69) is 21.6 Å². The highest BCUT2D eigenvalue weighted by molar-refractivity contribution is 6.31. The summed E-state index contributed by atoms with van der Waals surface area (Å²) in [5.74, 6) is 0.528. The number of fused-ring (bicyclic) bond motifs is 2. The van der Waals surface area contributed by atoms with Gasteiger partial charge in [0.15, 0.2) is 5.82 Å². The van der Waals surface area contributed by atoms with Crippen LogP contribution in [0.5, 0.6) is 0 Å². The van der Waals surface area contributed by atoms with Gasteiger partial charge in [-0.1, -0.05) is 23.7 Å². The van der Waals surface area contributed by atoms with Gasteiger partial charge in [-0.15, -0.1) is 5.10 Å². The topological polar surface area (TPSA) is 58.1 Å². The first kappa shape index (κ1) is 14.5. The molecule has 2 amide bonds. The Morgan fingerprint density at radius 3 is 3.00 bits per heavy atom. The third-order valence-electron chi connectivity index (χ3n) is 4.56. The second kappa shape index (κ2) is 5.81. The van der Waals surface area contributed by atoms with Crippen LogP contribution in [0.4, 0.5) is 10.6 Å². The van der Waals surface area contributed by atoms with E-state index in [1.54, 1.807) is 4.90 Å². The van der Waals surface area contributed by atoms with Gasteiger partial charge in [0.05, 0.1) is 5.69 Å². The average molecular weight is 329 g/mol. The zero-order valence-electron chi connectivity index (χ0n) is 12.7. The SMILES string of the molecule is O=C(Nc1cc2c(nn1)CCC2)N1CCc2cccc(Cl)c2C1. The summed E-state index contributed by atoms with van der Waals surface area (Å²) in [7, 11) is 0. The lowest BCUT2D eigenvalue weighted by molar-refractivity contribution is 0.206. The number of urea groups is 1. The highest BCUT2D eigenvalue weighted by Crippen LogP contribution is 2.26. The van der Waals surface area contributed by atoms with Gasteiger partial charge in [-0.05, 0) is 54.5 Å². The molecule has 2 aliphatic rings. The second-order valence-electron chi connectivity index (χ2n) is 6.03. The average Bonchev–Trinajstić information content (AvgIpc) is 3.02. The number of anilines is 1. The number of carbonyl (C=O) groups excluding carboxylic acids is 1. The maximum Gasteiger partial charge on any atom is 0.323 e. The monoisotopic (exact) mass is 328 g/mol. The van der Waals surface area contributed by atoms with Crippen molar-refractivity contribution in [1.29, 1.82) is 0 Å². The third kappa shape index (κ3) is 2.77. The van der Waals surface area contributed by atoms with Crippen LogP contribution >= 0.6 is 11.6 Å². The molecular formula is C17H17ClN4O. The van der Waals surface area contributed by atoms with Crippen molar-refractivity contribution < 1.29 is 4.79 Å². The summed E-state index contributed by atoms with van der Waals surface area (Å²) in [5.41, 5.74) is 4.51. The van der Waals surface area contributed by atoms with Crippen molar-refractivity contribution in [2.24, 2.45) is 0 Å². The van der Waals surface area contributed by atoms with Gasteiger partial charge in [-0.25, -0.2) is 4.79 Å². The van der Waals surface area contributed by atoms with Crippen LogP contribution in [0, 0.1) is 0 Å². The molecule has 0 unspecified atom stereocenters. The van der Waals surface area contributed by atoms with Crippen molar-refractivity contribution in [3.8, 4) is 0 Å². The van der Waals surface area contributed by atoms with E-state index in [0.29, 0.717) is 18.9 Å². The number of amides is 2. The van der Waals surface area contributed by atoms with Crippen molar-refractivity contribution in [3.63, 3.8) is 0 Å². The zero-order valence-corrected chi connectivity index (χ0v) is 13.4. The van der Waals surface area contributed by atoms with Crippen LogP contribution in [-0.4, -0.2) is 27.7 Å². The number of benzene rings is 1. The molecule has 4 rings (SSSR count). The Morgan fingerprint density at radius 1 is 1.17 bits per heavy atom. The van der Waals surface area contributed by atoms with E-state index in [1.165, 1.54) is 11.1 Å². The highest BCUT2D eigenvalue weighted by Gasteiger charge is 2.23. The van der Waals surface area contributed by atoms with Gasteiger partial charge in [-0.3, -0.25) is 5.32 Å². The summed E-state index contributed by atoms with van der Waals surface area (Å²) in [6.45, 7) is 1.21. The fourth-order valence-electron chi connectivity index (χ4n) is 3.29. The highest BCUT2D eigenvalue weighted by atomic mass is 35.5.